The van der Waals surface area contributed by atoms with E-state index in [2.05, 4.69) is 17.6 Å². The van der Waals surface area contributed by atoms with Crippen LogP contribution in [-0.4, -0.2) is 27.8 Å². The SMILES string of the molecule is CCCCCCCCCCCCNC(=S)Nc1ccc(O)c(C(=O)O)c1. The van der Waals surface area contributed by atoms with Gasteiger partial charge in [0.25, 0.3) is 0 Å². The maximum absolute atomic E-state index is 11.0. The highest BCUT2D eigenvalue weighted by Crippen LogP contribution is 2.21. The molecule has 1 aromatic rings. The second kappa shape index (κ2) is 13.4. The molecule has 0 heterocycles. The maximum Gasteiger partial charge on any atom is 0.339 e. The van der Waals surface area contributed by atoms with Gasteiger partial charge in [0, 0.05) is 12.2 Å². The zero-order valence-electron chi connectivity index (χ0n) is 15.7. The summed E-state index contributed by atoms with van der Waals surface area (Å²) in [6.45, 7) is 3.04. The monoisotopic (exact) mass is 380 g/mol. The molecular formula is C20H32N2O3S. The molecule has 0 unspecified atom stereocenters. The van der Waals surface area contributed by atoms with Gasteiger partial charge >= 0.3 is 5.97 Å². The van der Waals surface area contributed by atoms with E-state index in [0.29, 0.717) is 10.8 Å². The number of nitrogens with one attached hydrogen (secondary N) is 2. The van der Waals surface area contributed by atoms with Crippen molar-refractivity contribution in [2.75, 3.05) is 11.9 Å². The summed E-state index contributed by atoms with van der Waals surface area (Å²) in [4.78, 5) is 11.0. The first-order valence-electron chi connectivity index (χ1n) is 9.65. The van der Waals surface area contributed by atoms with Crippen molar-refractivity contribution in [1.82, 2.24) is 5.32 Å². The molecule has 146 valence electrons. The number of unbranched alkanes of at least 4 members (excludes halogenated alkanes) is 9. The number of hydrogen-bond donors (Lipinski definition) is 4. The lowest BCUT2D eigenvalue weighted by molar-refractivity contribution is 0.0694. The molecule has 0 aromatic heterocycles. The zero-order chi connectivity index (χ0) is 19.2. The number of rotatable bonds is 13. The number of thiocarbonyl (C=S) groups is 1. The number of benzene rings is 1. The van der Waals surface area contributed by atoms with Crippen LogP contribution in [0.25, 0.3) is 0 Å². The van der Waals surface area contributed by atoms with Gasteiger partial charge in [0.1, 0.15) is 11.3 Å². The third-order valence-electron chi connectivity index (χ3n) is 4.30. The minimum Gasteiger partial charge on any atom is -0.507 e. The third-order valence-corrected chi connectivity index (χ3v) is 4.55. The van der Waals surface area contributed by atoms with Crippen molar-refractivity contribution in [3.8, 4) is 5.75 Å². The summed E-state index contributed by atoms with van der Waals surface area (Å²) in [5.41, 5.74) is 0.397. The van der Waals surface area contributed by atoms with Crippen LogP contribution >= 0.6 is 12.2 Å². The molecule has 0 radical (unpaired) electrons. The third kappa shape index (κ3) is 9.61. The van der Waals surface area contributed by atoms with Gasteiger partial charge < -0.3 is 20.8 Å². The molecule has 1 aromatic carbocycles. The highest BCUT2D eigenvalue weighted by Gasteiger charge is 2.10. The Hall–Kier alpha value is -1.82. The molecular weight excluding hydrogens is 348 g/mol. The molecule has 0 saturated carbocycles. The van der Waals surface area contributed by atoms with Crippen LogP contribution in [0, 0.1) is 0 Å². The Morgan fingerprint density at radius 3 is 2.15 bits per heavy atom. The standard InChI is InChI=1S/C20H32N2O3S/c1-2-3-4-5-6-7-8-9-10-11-14-21-20(26)22-16-12-13-18(23)17(15-16)19(24)25/h12-13,15,23H,2-11,14H2,1H3,(H,24,25)(H2,21,22,26). The van der Waals surface area contributed by atoms with Crippen LogP contribution in [-0.2, 0) is 0 Å². The largest absolute Gasteiger partial charge is 0.507 e. The maximum atomic E-state index is 11.0. The lowest BCUT2D eigenvalue weighted by Crippen LogP contribution is -2.29. The van der Waals surface area contributed by atoms with Crippen molar-refractivity contribution in [3.63, 3.8) is 0 Å². The molecule has 0 aliphatic heterocycles. The molecule has 0 aliphatic carbocycles. The summed E-state index contributed by atoms with van der Waals surface area (Å²) in [5.74, 6) is -1.43. The van der Waals surface area contributed by atoms with Crippen molar-refractivity contribution >= 4 is 29.0 Å². The highest BCUT2D eigenvalue weighted by atomic mass is 32.1. The molecule has 0 aliphatic rings. The van der Waals surface area contributed by atoms with Crippen molar-refractivity contribution in [2.24, 2.45) is 0 Å². The van der Waals surface area contributed by atoms with Gasteiger partial charge in [-0.1, -0.05) is 64.7 Å². The Balaban J connectivity index is 2.09. The Kier molecular flexibility index (Phi) is 11.4. The molecule has 0 bridgehead atoms. The topological polar surface area (TPSA) is 81.6 Å². The average Bonchev–Trinajstić information content (AvgIpc) is 2.61. The van der Waals surface area contributed by atoms with Gasteiger partial charge in [0.2, 0.25) is 0 Å². The number of anilines is 1. The van der Waals surface area contributed by atoms with E-state index < -0.39 is 5.97 Å². The molecule has 6 heteroatoms. The van der Waals surface area contributed by atoms with E-state index in [9.17, 15) is 9.90 Å². The second-order valence-corrected chi connectivity index (χ2v) is 7.01. The van der Waals surface area contributed by atoms with Crippen LogP contribution in [0.1, 0.15) is 81.5 Å². The van der Waals surface area contributed by atoms with Gasteiger partial charge in [0.05, 0.1) is 0 Å². The van der Waals surface area contributed by atoms with Crippen LogP contribution in [0.5, 0.6) is 5.75 Å². The summed E-state index contributed by atoms with van der Waals surface area (Å²) in [5, 5.41) is 25.0. The number of carboxylic acid groups (broad SMARTS) is 1. The van der Waals surface area contributed by atoms with E-state index in [-0.39, 0.29) is 11.3 Å². The molecule has 0 fully saturated rings. The van der Waals surface area contributed by atoms with Crippen molar-refractivity contribution < 1.29 is 15.0 Å². The number of aromatic carboxylic acids is 1. The van der Waals surface area contributed by atoms with E-state index in [1.165, 1.54) is 69.9 Å². The summed E-state index contributed by atoms with van der Waals surface area (Å²) < 4.78 is 0. The zero-order valence-corrected chi connectivity index (χ0v) is 16.5. The summed E-state index contributed by atoms with van der Waals surface area (Å²) >= 11 is 5.22. The van der Waals surface area contributed by atoms with Gasteiger partial charge in [-0.15, -0.1) is 0 Å². The fourth-order valence-electron chi connectivity index (χ4n) is 2.77. The molecule has 0 spiro atoms. The molecule has 1 rings (SSSR count). The van der Waals surface area contributed by atoms with Crippen LogP contribution < -0.4 is 10.6 Å². The number of aromatic hydroxyl groups is 1. The molecule has 0 atom stereocenters. The first-order chi connectivity index (χ1) is 12.5. The van der Waals surface area contributed by atoms with Gasteiger partial charge in [0.15, 0.2) is 5.11 Å². The predicted molar refractivity (Wildman–Crippen MR) is 111 cm³/mol. The molecule has 4 N–H and O–H groups in total. The Labute approximate surface area is 162 Å². The summed E-state index contributed by atoms with van der Waals surface area (Å²) in [6.07, 6.45) is 12.9. The summed E-state index contributed by atoms with van der Waals surface area (Å²) in [7, 11) is 0. The van der Waals surface area contributed by atoms with E-state index in [1.807, 2.05) is 0 Å². The van der Waals surface area contributed by atoms with Crippen LogP contribution in [0.3, 0.4) is 0 Å². The van der Waals surface area contributed by atoms with Crippen molar-refractivity contribution in [2.45, 2.75) is 71.1 Å². The number of carboxylic acids is 1. The molecule has 5 nitrogen and oxygen atoms in total. The number of phenols is 1. The van der Waals surface area contributed by atoms with Crippen molar-refractivity contribution in [3.05, 3.63) is 23.8 Å². The second-order valence-electron chi connectivity index (χ2n) is 6.60. The van der Waals surface area contributed by atoms with E-state index in [0.717, 1.165) is 13.0 Å². The molecule has 0 saturated heterocycles. The van der Waals surface area contributed by atoms with Crippen LogP contribution in [0.4, 0.5) is 5.69 Å². The van der Waals surface area contributed by atoms with Gasteiger partial charge in [-0.25, -0.2) is 4.79 Å². The van der Waals surface area contributed by atoms with Crippen LogP contribution in [0.15, 0.2) is 18.2 Å². The first kappa shape index (κ1) is 22.2. The van der Waals surface area contributed by atoms with E-state index >= 15 is 0 Å². The van der Waals surface area contributed by atoms with Crippen molar-refractivity contribution in [1.29, 1.82) is 0 Å². The minimum atomic E-state index is -1.17. The lowest BCUT2D eigenvalue weighted by Gasteiger charge is -2.11. The Morgan fingerprint density at radius 2 is 1.58 bits per heavy atom. The normalized spacial score (nSPS) is 10.5. The predicted octanol–water partition coefficient (Wildman–Crippen LogP) is 5.30. The van der Waals surface area contributed by atoms with Gasteiger partial charge in [-0.3, -0.25) is 0 Å². The lowest BCUT2D eigenvalue weighted by atomic mass is 10.1. The van der Waals surface area contributed by atoms with E-state index in [1.54, 1.807) is 6.07 Å². The quantitative estimate of drug-likeness (QED) is 0.211. The smallest absolute Gasteiger partial charge is 0.339 e. The highest BCUT2D eigenvalue weighted by molar-refractivity contribution is 7.80. The Bertz CT molecular complexity index is 564. The molecule has 26 heavy (non-hydrogen) atoms. The van der Waals surface area contributed by atoms with Gasteiger partial charge in [-0.05, 0) is 36.8 Å². The average molecular weight is 381 g/mol. The number of hydrogen-bond acceptors (Lipinski definition) is 3. The first-order valence-corrected chi connectivity index (χ1v) is 10.1. The number of carbonyl (C=O) groups is 1. The minimum absolute atomic E-state index is 0.146. The summed E-state index contributed by atoms with van der Waals surface area (Å²) in [6, 6.07) is 4.30. The Morgan fingerprint density at radius 1 is 1.00 bits per heavy atom. The fraction of sp³-hybridized carbons (Fsp3) is 0.600. The van der Waals surface area contributed by atoms with E-state index in [4.69, 9.17) is 17.3 Å². The van der Waals surface area contributed by atoms with Crippen LogP contribution in [0.2, 0.25) is 0 Å². The van der Waals surface area contributed by atoms with Gasteiger partial charge in [-0.2, -0.15) is 0 Å². The molecule has 0 amide bonds. The fourth-order valence-corrected chi connectivity index (χ4v) is 2.99.